The SMILES string of the molecule is CC(C)Oc1ccc(C(=O)N[C@H](CNC(=O)[C@H](C)O)Cc2ccc(-c3cn4cccc(C(C)O)c4n3)cc2)cc1Cl. The van der Waals surface area contributed by atoms with Crippen LogP contribution >= 0.6 is 11.6 Å². The van der Waals surface area contributed by atoms with Crippen molar-refractivity contribution in [1.29, 1.82) is 0 Å². The van der Waals surface area contributed by atoms with E-state index in [1.165, 1.54) is 6.92 Å². The largest absolute Gasteiger partial charge is 0.489 e. The van der Waals surface area contributed by atoms with Gasteiger partial charge in [-0.3, -0.25) is 9.59 Å². The lowest BCUT2D eigenvalue weighted by molar-refractivity contribution is -0.128. The first-order chi connectivity index (χ1) is 19.5. The average Bonchev–Trinajstić information content (AvgIpc) is 3.37. The minimum Gasteiger partial charge on any atom is -0.489 e. The van der Waals surface area contributed by atoms with Gasteiger partial charge in [-0.15, -0.1) is 0 Å². The molecule has 0 saturated heterocycles. The lowest BCUT2D eigenvalue weighted by Gasteiger charge is -2.21. The summed E-state index contributed by atoms with van der Waals surface area (Å²) < 4.78 is 7.53. The van der Waals surface area contributed by atoms with Gasteiger partial charge in [0.25, 0.3) is 5.91 Å². The molecule has 0 aliphatic rings. The maximum atomic E-state index is 13.1. The molecule has 4 rings (SSSR count). The van der Waals surface area contributed by atoms with Gasteiger partial charge >= 0.3 is 0 Å². The van der Waals surface area contributed by atoms with E-state index in [2.05, 4.69) is 10.6 Å². The van der Waals surface area contributed by atoms with E-state index in [1.807, 2.05) is 67.0 Å². The van der Waals surface area contributed by atoms with Crippen LogP contribution in [0.15, 0.2) is 67.0 Å². The van der Waals surface area contributed by atoms with E-state index in [4.69, 9.17) is 21.3 Å². The summed E-state index contributed by atoms with van der Waals surface area (Å²) in [5.74, 6) is -0.387. The molecule has 0 fully saturated rings. The number of aliphatic hydroxyl groups is 2. The highest BCUT2D eigenvalue weighted by Crippen LogP contribution is 2.27. The number of hydrogen-bond donors (Lipinski definition) is 4. The van der Waals surface area contributed by atoms with Crippen LogP contribution in [-0.4, -0.2) is 56.2 Å². The van der Waals surface area contributed by atoms with Crippen molar-refractivity contribution in [1.82, 2.24) is 20.0 Å². The number of halogens is 1. The number of ether oxygens (including phenoxy) is 1. The molecule has 0 aliphatic carbocycles. The quantitative estimate of drug-likeness (QED) is 0.210. The van der Waals surface area contributed by atoms with Crippen molar-refractivity contribution in [3.05, 3.63) is 88.7 Å². The van der Waals surface area contributed by atoms with E-state index in [1.54, 1.807) is 25.1 Å². The summed E-state index contributed by atoms with van der Waals surface area (Å²) in [5.41, 5.74) is 4.39. The lowest BCUT2D eigenvalue weighted by atomic mass is 10.0. The second kappa shape index (κ2) is 13.2. The summed E-state index contributed by atoms with van der Waals surface area (Å²) in [6.45, 7) is 6.99. The van der Waals surface area contributed by atoms with Gasteiger partial charge in [0.05, 0.1) is 29.0 Å². The molecule has 2 heterocycles. The summed E-state index contributed by atoms with van der Waals surface area (Å²) in [4.78, 5) is 29.9. The Morgan fingerprint density at radius 2 is 1.78 bits per heavy atom. The van der Waals surface area contributed by atoms with Crippen molar-refractivity contribution >= 4 is 29.1 Å². The van der Waals surface area contributed by atoms with E-state index in [0.717, 1.165) is 22.4 Å². The lowest BCUT2D eigenvalue weighted by Crippen LogP contribution is -2.46. The van der Waals surface area contributed by atoms with Crippen molar-refractivity contribution in [2.75, 3.05) is 6.54 Å². The van der Waals surface area contributed by atoms with Crippen molar-refractivity contribution in [3.63, 3.8) is 0 Å². The molecule has 2 aromatic carbocycles. The van der Waals surface area contributed by atoms with E-state index in [-0.39, 0.29) is 18.6 Å². The molecule has 0 bridgehead atoms. The molecule has 4 N–H and O–H groups in total. The first-order valence-corrected chi connectivity index (χ1v) is 13.9. The van der Waals surface area contributed by atoms with Crippen molar-refractivity contribution in [3.8, 4) is 17.0 Å². The standard InChI is InChI=1S/C31H35ClN4O5/c1-18(2)41-28-12-11-23(15-26(28)32)31(40)34-24(16-33-30(39)20(4)38)14-21-7-9-22(10-8-21)27-17-36-13-5-6-25(19(3)37)29(36)35-27/h5-13,15,17-20,24,37-38H,14,16H2,1-4H3,(H,33,39)(H,34,40)/t19?,20-,24-/m0/s1. The molecule has 4 aromatic rings. The Labute approximate surface area is 244 Å². The fourth-order valence-corrected chi connectivity index (χ4v) is 4.63. The Morgan fingerprint density at radius 1 is 1.05 bits per heavy atom. The second-order valence-corrected chi connectivity index (χ2v) is 10.7. The van der Waals surface area contributed by atoms with Gasteiger partial charge in [0.1, 0.15) is 17.5 Å². The summed E-state index contributed by atoms with van der Waals surface area (Å²) in [7, 11) is 0. The molecule has 216 valence electrons. The number of carbonyl (C=O) groups excluding carboxylic acids is 2. The predicted molar refractivity (Wildman–Crippen MR) is 158 cm³/mol. The average molecular weight is 579 g/mol. The van der Waals surface area contributed by atoms with Crippen molar-refractivity contribution in [2.45, 2.75) is 58.5 Å². The monoisotopic (exact) mass is 578 g/mol. The van der Waals surface area contributed by atoms with Gasteiger partial charge in [-0.1, -0.05) is 41.9 Å². The number of benzene rings is 2. The van der Waals surface area contributed by atoms with Crippen LogP contribution in [0.4, 0.5) is 0 Å². The van der Waals surface area contributed by atoms with Gasteiger partial charge in [0.15, 0.2) is 0 Å². The fraction of sp³-hybridized carbons (Fsp3) is 0.323. The topological polar surface area (TPSA) is 125 Å². The van der Waals surface area contributed by atoms with Crippen LogP contribution in [0.3, 0.4) is 0 Å². The third kappa shape index (κ3) is 7.64. The number of nitrogens with one attached hydrogen (secondary N) is 2. The van der Waals surface area contributed by atoms with Crippen LogP contribution in [-0.2, 0) is 11.2 Å². The van der Waals surface area contributed by atoms with E-state index < -0.39 is 24.2 Å². The Bertz CT molecular complexity index is 1510. The number of amides is 2. The summed E-state index contributed by atoms with van der Waals surface area (Å²) in [6.07, 6.45) is 2.35. The van der Waals surface area contributed by atoms with E-state index in [0.29, 0.717) is 28.4 Å². The highest BCUT2D eigenvalue weighted by molar-refractivity contribution is 6.32. The molecule has 3 atom stereocenters. The number of aliphatic hydroxyl groups excluding tert-OH is 2. The zero-order valence-corrected chi connectivity index (χ0v) is 24.2. The fourth-order valence-electron chi connectivity index (χ4n) is 4.40. The van der Waals surface area contributed by atoms with Crippen LogP contribution in [0.1, 0.15) is 55.3 Å². The number of hydrogen-bond acceptors (Lipinski definition) is 6. The van der Waals surface area contributed by atoms with Crippen LogP contribution in [0, 0.1) is 0 Å². The first kappa shape index (κ1) is 30.0. The zero-order chi connectivity index (χ0) is 29.7. The van der Waals surface area contributed by atoms with Crippen molar-refractivity contribution in [2.24, 2.45) is 0 Å². The normalized spacial score (nSPS) is 13.6. The summed E-state index contributed by atoms with van der Waals surface area (Å²) in [6, 6.07) is 15.9. The number of fused-ring (bicyclic) bond motifs is 1. The first-order valence-electron chi connectivity index (χ1n) is 13.5. The second-order valence-electron chi connectivity index (χ2n) is 10.3. The smallest absolute Gasteiger partial charge is 0.251 e. The highest BCUT2D eigenvalue weighted by Gasteiger charge is 2.19. The molecule has 41 heavy (non-hydrogen) atoms. The number of carbonyl (C=O) groups is 2. The van der Waals surface area contributed by atoms with Gasteiger partial charge in [-0.25, -0.2) is 4.98 Å². The van der Waals surface area contributed by atoms with Gasteiger partial charge in [-0.2, -0.15) is 0 Å². The van der Waals surface area contributed by atoms with Crippen LogP contribution < -0.4 is 15.4 Å². The molecular formula is C31H35ClN4O5. The Kier molecular flexibility index (Phi) is 9.65. The maximum absolute atomic E-state index is 13.1. The van der Waals surface area contributed by atoms with Gasteiger partial charge in [-0.05, 0) is 63.9 Å². The number of imidazole rings is 1. The molecule has 2 amide bonds. The molecule has 9 nitrogen and oxygen atoms in total. The summed E-state index contributed by atoms with van der Waals surface area (Å²) >= 11 is 6.33. The minimum absolute atomic E-state index is 0.0603. The third-order valence-electron chi connectivity index (χ3n) is 6.49. The maximum Gasteiger partial charge on any atom is 0.251 e. The molecular weight excluding hydrogens is 544 g/mol. The number of nitrogens with zero attached hydrogens (tertiary/aromatic N) is 2. The molecule has 2 aromatic heterocycles. The number of rotatable bonds is 11. The third-order valence-corrected chi connectivity index (χ3v) is 6.78. The molecule has 0 spiro atoms. The number of pyridine rings is 1. The molecule has 0 radical (unpaired) electrons. The summed E-state index contributed by atoms with van der Waals surface area (Å²) in [5, 5.41) is 25.7. The minimum atomic E-state index is -1.17. The van der Waals surface area contributed by atoms with Crippen LogP contribution in [0.25, 0.3) is 16.9 Å². The Hall–Kier alpha value is -3.92. The zero-order valence-electron chi connectivity index (χ0n) is 23.5. The van der Waals surface area contributed by atoms with Gasteiger partial charge in [0, 0.05) is 35.6 Å². The Morgan fingerprint density at radius 3 is 2.41 bits per heavy atom. The van der Waals surface area contributed by atoms with Crippen LogP contribution in [0.2, 0.25) is 5.02 Å². The molecule has 0 aliphatic heterocycles. The predicted octanol–water partition coefficient (Wildman–Crippen LogP) is 4.33. The number of aromatic nitrogens is 2. The van der Waals surface area contributed by atoms with Crippen LogP contribution in [0.5, 0.6) is 5.75 Å². The molecule has 1 unspecified atom stereocenters. The van der Waals surface area contributed by atoms with Gasteiger partial charge in [0.2, 0.25) is 5.91 Å². The van der Waals surface area contributed by atoms with E-state index >= 15 is 0 Å². The molecule has 0 saturated carbocycles. The Balaban J connectivity index is 1.51. The highest BCUT2D eigenvalue weighted by atomic mass is 35.5. The van der Waals surface area contributed by atoms with Crippen molar-refractivity contribution < 1.29 is 24.5 Å². The van der Waals surface area contributed by atoms with Gasteiger partial charge < -0.3 is 30.0 Å². The van der Waals surface area contributed by atoms with E-state index in [9.17, 15) is 19.8 Å². The molecule has 10 heteroatoms.